The maximum absolute atomic E-state index is 11.6. The van der Waals surface area contributed by atoms with Crippen molar-refractivity contribution in [2.45, 2.75) is 0 Å². The summed E-state index contributed by atoms with van der Waals surface area (Å²) in [6.07, 6.45) is 0. The third-order valence-electron chi connectivity index (χ3n) is 0.807. The first-order valence-corrected chi connectivity index (χ1v) is 5.50. The lowest BCUT2D eigenvalue weighted by molar-refractivity contribution is 0.540. The van der Waals surface area contributed by atoms with Gasteiger partial charge in [-0.3, -0.25) is 0 Å². The van der Waals surface area contributed by atoms with Gasteiger partial charge in [-0.1, -0.05) is 67.7 Å². The van der Waals surface area contributed by atoms with E-state index >= 15 is 0 Å². The molecule has 74 valence electrons. The molecule has 0 aliphatic rings. The fourth-order valence-corrected chi connectivity index (χ4v) is 1.48. The van der Waals surface area contributed by atoms with Gasteiger partial charge in [-0.25, -0.2) is 0 Å². The molecule has 0 aromatic rings. The van der Waals surface area contributed by atoms with Crippen molar-refractivity contribution in [2.75, 3.05) is 0 Å². The number of halogens is 7. The van der Waals surface area contributed by atoms with E-state index in [-0.39, 0.29) is 18.1 Å². The SMILES string of the molecule is FN=C(Cl)/C(Cl)=C(Cl)\C(Cl)=C(\Cl)I. The Labute approximate surface area is 113 Å². The maximum Gasteiger partial charge on any atom is 0.182 e. The summed E-state index contributed by atoms with van der Waals surface area (Å²) in [4.78, 5) is 0. The van der Waals surface area contributed by atoms with Gasteiger partial charge in [-0.2, -0.15) is 0 Å². The fraction of sp³-hybridized carbons (Fsp3) is 0. The summed E-state index contributed by atoms with van der Waals surface area (Å²) >= 11 is 29.1. The van der Waals surface area contributed by atoms with Crippen molar-refractivity contribution in [1.82, 2.24) is 0 Å². The van der Waals surface area contributed by atoms with Gasteiger partial charge in [0.05, 0.1) is 13.1 Å². The largest absolute Gasteiger partial charge is 0.182 e. The Bertz CT molecular complexity index is 293. The molecule has 0 aromatic carbocycles. The molecule has 0 amide bonds. The van der Waals surface area contributed by atoms with Crippen LogP contribution in [0, 0.1) is 0 Å². The van der Waals surface area contributed by atoms with Gasteiger partial charge in [0.25, 0.3) is 0 Å². The van der Waals surface area contributed by atoms with Gasteiger partial charge in [0.2, 0.25) is 0 Å². The van der Waals surface area contributed by atoms with Crippen molar-refractivity contribution >= 4 is 85.8 Å². The van der Waals surface area contributed by atoms with Crippen LogP contribution in [0.15, 0.2) is 23.4 Å². The zero-order chi connectivity index (χ0) is 10.6. The number of hydrogen-bond donors (Lipinski definition) is 0. The molecule has 0 radical (unpaired) electrons. The number of nitrogens with zero attached hydrogens (tertiary/aromatic N) is 1. The van der Waals surface area contributed by atoms with E-state index in [1.54, 1.807) is 22.6 Å². The smallest absolute Gasteiger partial charge is 0.0809 e. The molecule has 0 N–H and O–H groups in total. The molecule has 0 aliphatic carbocycles. The monoisotopic (exact) mass is 395 g/mol. The first-order chi connectivity index (χ1) is 5.91. The van der Waals surface area contributed by atoms with Crippen LogP contribution in [0.3, 0.4) is 0 Å². The lowest BCUT2D eigenvalue weighted by atomic mass is 10.5. The van der Waals surface area contributed by atoms with Gasteiger partial charge in [0, 0.05) is 0 Å². The van der Waals surface area contributed by atoms with Crippen LogP contribution in [-0.4, -0.2) is 5.17 Å². The Morgan fingerprint density at radius 2 is 1.38 bits per heavy atom. The Kier molecular flexibility index (Phi) is 7.34. The topological polar surface area (TPSA) is 12.4 Å². The van der Waals surface area contributed by atoms with Gasteiger partial charge >= 0.3 is 0 Å². The van der Waals surface area contributed by atoms with E-state index in [4.69, 9.17) is 58.0 Å². The van der Waals surface area contributed by atoms with Gasteiger partial charge in [-0.15, -0.1) is 0 Å². The average molecular weight is 397 g/mol. The number of allylic oxidation sites excluding steroid dienone is 3. The van der Waals surface area contributed by atoms with Crippen LogP contribution in [0.4, 0.5) is 4.48 Å². The lowest BCUT2D eigenvalue weighted by Crippen LogP contribution is -1.89. The summed E-state index contributed by atoms with van der Waals surface area (Å²) in [7, 11) is 0. The Morgan fingerprint density at radius 1 is 0.923 bits per heavy atom. The molecular formula is C5Cl5FIN. The molecule has 13 heavy (non-hydrogen) atoms. The summed E-state index contributed by atoms with van der Waals surface area (Å²) in [6.45, 7) is 0. The van der Waals surface area contributed by atoms with Crippen LogP contribution >= 0.6 is 80.6 Å². The van der Waals surface area contributed by atoms with Gasteiger partial charge in [0.1, 0.15) is 5.03 Å². The highest BCUT2D eigenvalue weighted by molar-refractivity contribution is 14.1. The molecule has 0 fully saturated rings. The minimum atomic E-state index is -0.584. The Hall–Kier alpha value is 1.26. The molecule has 0 atom stereocenters. The molecule has 0 spiro atoms. The van der Waals surface area contributed by atoms with E-state index in [1.165, 1.54) is 0 Å². The van der Waals surface area contributed by atoms with Crippen LogP contribution in [0.1, 0.15) is 0 Å². The molecule has 0 bridgehead atoms. The van der Waals surface area contributed by atoms with Crippen molar-refractivity contribution in [3.05, 3.63) is 18.1 Å². The van der Waals surface area contributed by atoms with Crippen LogP contribution in [-0.2, 0) is 0 Å². The van der Waals surface area contributed by atoms with Crippen molar-refractivity contribution < 1.29 is 4.48 Å². The van der Waals surface area contributed by atoms with E-state index in [0.717, 1.165) is 0 Å². The number of hydrogen-bond acceptors (Lipinski definition) is 1. The van der Waals surface area contributed by atoms with Crippen LogP contribution in [0.5, 0.6) is 0 Å². The Morgan fingerprint density at radius 3 is 1.69 bits per heavy atom. The summed E-state index contributed by atoms with van der Waals surface area (Å²) in [5.41, 5.74) is 0. The molecule has 0 saturated carbocycles. The standard InChI is InChI=1S/C5Cl5FIN/c6-1(2(7)4(9)12)3(8)5(10)13-11/b3-1-,4-2+,13-5?. The van der Waals surface area contributed by atoms with Crippen LogP contribution in [0.2, 0.25) is 0 Å². The Balaban J connectivity index is 5.17. The highest BCUT2D eigenvalue weighted by Crippen LogP contribution is 2.33. The minimum absolute atomic E-state index is 0.0178. The molecule has 0 aliphatic heterocycles. The summed E-state index contributed by atoms with van der Waals surface area (Å²) in [6, 6.07) is 0. The molecule has 0 rings (SSSR count). The summed E-state index contributed by atoms with van der Waals surface area (Å²) in [5.74, 6) is 0. The highest BCUT2D eigenvalue weighted by Gasteiger charge is 2.13. The molecule has 0 heterocycles. The predicted octanol–water partition coefficient (Wildman–Crippen LogP) is 5.28. The highest BCUT2D eigenvalue weighted by atomic mass is 127. The van der Waals surface area contributed by atoms with E-state index in [1.807, 2.05) is 0 Å². The van der Waals surface area contributed by atoms with E-state index in [0.29, 0.717) is 0 Å². The number of rotatable bonds is 2. The van der Waals surface area contributed by atoms with E-state index < -0.39 is 5.17 Å². The average Bonchev–Trinajstić information content (AvgIpc) is 2.12. The molecule has 0 unspecified atom stereocenters. The molecule has 8 heteroatoms. The minimum Gasteiger partial charge on any atom is -0.0809 e. The first kappa shape index (κ1) is 14.3. The van der Waals surface area contributed by atoms with Crippen molar-refractivity contribution in [2.24, 2.45) is 5.21 Å². The molecular weight excluding hydrogens is 397 g/mol. The second-order valence-corrected chi connectivity index (χ2v) is 5.16. The first-order valence-electron chi connectivity index (χ1n) is 2.53. The van der Waals surface area contributed by atoms with Crippen molar-refractivity contribution in [3.63, 3.8) is 0 Å². The van der Waals surface area contributed by atoms with Crippen molar-refractivity contribution in [3.8, 4) is 0 Å². The van der Waals surface area contributed by atoms with Gasteiger partial charge in [0.15, 0.2) is 5.17 Å². The molecule has 0 saturated heterocycles. The third kappa shape index (κ3) is 4.53. The van der Waals surface area contributed by atoms with Crippen molar-refractivity contribution in [1.29, 1.82) is 0 Å². The normalized spacial score (nSPS) is 16.7. The molecule has 1 nitrogen and oxygen atoms in total. The van der Waals surface area contributed by atoms with E-state index in [2.05, 4.69) is 5.21 Å². The van der Waals surface area contributed by atoms with Crippen LogP contribution < -0.4 is 0 Å². The predicted molar refractivity (Wildman–Crippen MR) is 65.9 cm³/mol. The third-order valence-corrected chi connectivity index (χ3v) is 3.62. The zero-order valence-corrected chi connectivity index (χ0v) is 11.5. The van der Waals surface area contributed by atoms with Gasteiger partial charge < -0.3 is 0 Å². The summed E-state index contributed by atoms with van der Waals surface area (Å²) in [5, 5.41) is 1.07. The summed E-state index contributed by atoms with van der Waals surface area (Å²) < 4.78 is 11.8. The lowest BCUT2D eigenvalue weighted by Gasteiger charge is -1.99. The fourth-order valence-electron chi connectivity index (χ4n) is 0.307. The van der Waals surface area contributed by atoms with E-state index in [9.17, 15) is 4.48 Å². The quantitative estimate of drug-likeness (QED) is 0.342. The zero-order valence-electron chi connectivity index (χ0n) is 5.59. The second kappa shape index (κ2) is 6.69. The second-order valence-electron chi connectivity index (χ2n) is 1.58. The van der Waals surface area contributed by atoms with Gasteiger partial charge in [-0.05, 0) is 22.6 Å². The maximum atomic E-state index is 11.6. The molecule has 0 aromatic heterocycles. The van der Waals surface area contributed by atoms with Crippen LogP contribution in [0.25, 0.3) is 0 Å².